The van der Waals surface area contributed by atoms with Crippen molar-refractivity contribution in [3.8, 4) is 0 Å². The summed E-state index contributed by atoms with van der Waals surface area (Å²) in [6, 6.07) is 15.3. The molecule has 0 aliphatic carbocycles. The highest BCUT2D eigenvalue weighted by Crippen LogP contribution is 2.28. The van der Waals surface area contributed by atoms with Crippen LogP contribution in [0.4, 0.5) is 11.4 Å². The summed E-state index contributed by atoms with van der Waals surface area (Å²) in [5, 5.41) is 0. The Morgan fingerprint density at radius 1 is 0.673 bits per heavy atom. The summed E-state index contributed by atoms with van der Waals surface area (Å²) in [4.78, 5) is 57.6. The Morgan fingerprint density at radius 3 is 1.53 bits per heavy atom. The number of hydrogen-bond donors (Lipinski definition) is 0. The van der Waals surface area contributed by atoms with E-state index in [1.165, 1.54) is 0 Å². The van der Waals surface area contributed by atoms with E-state index in [2.05, 4.69) is 19.6 Å². The maximum Gasteiger partial charge on any atom is 0.307 e. The molecular weight excluding hydrogens is 620 g/mol. The van der Waals surface area contributed by atoms with Crippen molar-refractivity contribution in [2.24, 2.45) is 0 Å². The monoisotopic (exact) mass is 676 g/mol. The van der Waals surface area contributed by atoms with Crippen molar-refractivity contribution in [2.75, 3.05) is 81.9 Å². The van der Waals surface area contributed by atoms with Crippen LogP contribution in [0, 0.1) is 0 Å². The molecule has 49 heavy (non-hydrogen) atoms. The first kappa shape index (κ1) is 38.2. The summed E-state index contributed by atoms with van der Waals surface area (Å²) in [7, 11) is 0. The Bertz CT molecular complexity index is 1350. The summed E-state index contributed by atoms with van der Waals surface area (Å²) in [6.45, 7) is 16.6. The first-order valence-corrected chi connectivity index (χ1v) is 18.1. The van der Waals surface area contributed by atoms with Gasteiger partial charge in [0, 0.05) is 101 Å². The Hall–Kier alpha value is -3.60. The molecule has 2 aliphatic heterocycles. The zero-order valence-electron chi connectivity index (χ0n) is 30.0. The molecule has 0 radical (unpaired) electrons. The molecule has 4 rings (SSSR count). The van der Waals surface area contributed by atoms with Gasteiger partial charge in [-0.2, -0.15) is 0 Å². The number of ether oxygens (including phenoxy) is 2. The fraction of sp³-hybridized carbons (Fsp3) is 0.590. The second-order valence-corrected chi connectivity index (χ2v) is 13.5. The van der Waals surface area contributed by atoms with Crippen molar-refractivity contribution < 1.29 is 28.7 Å². The van der Waals surface area contributed by atoms with Crippen LogP contribution in [-0.2, 0) is 19.1 Å². The Kier molecular flexibility index (Phi) is 14.4. The van der Waals surface area contributed by atoms with E-state index in [0.717, 1.165) is 76.3 Å². The lowest BCUT2D eigenvalue weighted by atomic mass is 9.92. The van der Waals surface area contributed by atoms with Crippen LogP contribution in [0.3, 0.4) is 0 Å². The van der Waals surface area contributed by atoms with Crippen LogP contribution in [0.25, 0.3) is 0 Å². The van der Waals surface area contributed by atoms with Gasteiger partial charge in [0.15, 0.2) is 5.78 Å². The largest absolute Gasteiger partial charge is 0.459 e. The number of nitrogens with zero attached hydrogens (tertiary/aromatic N) is 4. The van der Waals surface area contributed by atoms with Crippen LogP contribution in [0.15, 0.2) is 48.5 Å². The Morgan fingerprint density at radius 2 is 1.12 bits per heavy atom. The van der Waals surface area contributed by atoms with E-state index >= 15 is 0 Å². The molecule has 1 unspecified atom stereocenters. The summed E-state index contributed by atoms with van der Waals surface area (Å²) in [5.41, 5.74) is 2.08. The zero-order chi connectivity index (χ0) is 35.3. The number of benzene rings is 2. The van der Waals surface area contributed by atoms with E-state index in [4.69, 9.17) is 9.47 Å². The molecule has 2 heterocycles. The first-order valence-electron chi connectivity index (χ1n) is 18.1. The molecule has 10 nitrogen and oxygen atoms in total. The van der Waals surface area contributed by atoms with Gasteiger partial charge in [0.2, 0.25) is 0 Å². The average Bonchev–Trinajstić information content (AvgIpc) is 3.16. The van der Waals surface area contributed by atoms with Crippen LogP contribution >= 0.6 is 0 Å². The third-order valence-corrected chi connectivity index (χ3v) is 10.7. The molecule has 2 aromatic rings. The van der Waals surface area contributed by atoms with E-state index in [1.54, 1.807) is 0 Å². The van der Waals surface area contributed by atoms with Gasteiger partial charge < -0.3 is 19.3 Å². The lowest BCUT2D eigenvalue weighted by Gasteiger charge is -2.37. The van der Waals surface area contributed by atoms with Crippen molar-refractivity contribution in [1.29, 1.82) is 0 Å². The summed E-state index contributed by atoms with van der Waals surface area (Å²) < 4.78 is 12.4. The predicted molar refractivity (Wildman–Crippen MR) is 194 cm³/mol. The number of rotatable bonds is 19. The zero-order valence-corrected chi connectivity index (χ0v) is 30.0. The molecule has 2 saturated heterocycles. The van der Waals surface area contributed by atoms with Gasteiger partial charge in [0.05, 0.1) is 13.0 Å². The molecule has 10 heteroatoms. The van der Waals surface area contributed by atoms with Crippen molar-refractivity contribution in [3.05, 3.63) is 59.7 Å². The van der Waals surface area contributed by atoms with Crippen molar-refractivity contribution >= 4 is 35.7 Å². The van der Waals surface area contributed by atoms with Crippen molar-refractivity contribution in [2.45, 2.75) is 77.4 Å². The number of esters is 1. The summed E-state index contributed by atoms with van der Waals surface area (Å²) >= 11 is 0. The number of carbonyl (C=O) groups is 4. The molecule has 0 aromatic heterocycles. The van der Waals surface area contributed by atoms with E-state index in [1.807, 2.05) is 76.2 Å². The lowest BCUT2D eigenvalue weighted by molar-refractivity contribution is -0.167. The SMILES string of the molecule is CCC(CC)(CCOC(C)(CC)C(=O)CCN1CCN(c2ccc(C=O)cc2)CC1)OC(=O)CCN1CCN(c2ccc(C=O)cc2)CC1. The maximum absolute atomic E-state index is 13.4. The highest BCUT2D eigenvalue weighted by molar-refractivity contribution is 5.87. The standard InChI is InChI=1S/C39H56N4O6/c1-5-38(4,36(46)16-19-40-21-25-42(26-22-40)34-12-8-32(30-44)9-13-34)48-29-18-39(6-2,7-3)49-37(47)17-20-41-23-27-43(28-24-41)35-14-10-33(31-45)11-15-35/h8-15,30-31H,5-7,16-29H2,1-4H3. The first-order chi connectivity index (χ1) is 23.7. The summed E-state index contributed by atoms with van der Waals surface area (Å²) in [6.07, 6.45) is 4.98. The Labute approximate surface area is 292 Å². The number of Topliss-reactive ketones (excluding diaryl/α,β-unsaturated/α-hetero) is 1. The van der Waals surface area contributed by atoms with Crippen molar-refractivity contribution in [1.82, 2.24) is 9.80 Å². The Balaban J connectivity index is 1.16. The van der Waals surface area contributed by atoms with Gasteiger partial charge in [-0.15, -0.1) is 0 Å². The van der Waals surface area contributed by atoms with Gasteiger partial charge >= 0.3 is 5.97 Å². The topological polar surface area (TPSA) is 99.7 Å². The van der Waals surface area contributed by atoms with Crippen LogP contribution in [0.5, 0.6) is 0 Å². The molecule has 0 bridgehead atoms. The van der Waals surface area contributed by atoms with E-state index in [0.29, 0.717) is 69.3 Å². The number of aldehydes is 2. The molecule has 0 saturated carbocycles. The highest BCUT2D eigenvalue weighted by atomic mass is 16.6. The van der Waals surface area contributed by atoms with E-state index in [9.17, 15) is 19.2 Å². The molecule has 2 aliphatic rings. The van der Waals surface area contributed by atoms with Gasteiger partial charge in [-0.1, -0.05) is 20.8 Å². The molecule has 0 N–H and O–H groups in total. The minimum Gasteiger partial charge on any atom is -0.459 e. The number of hydrogen-bond acceptors (Lipinski definition) is 10. The predicted octanol–water partition coefficient (Wildman–Crippen LogP) is 5.28. The van der Waals surface area contributed by atoms with Gasteiger partial charge in [-0.05, 0) is 74.7 Å². The molecule has 1 atom stereocenters. The molecule has 2 fully saturated rings. The fourth-order valence-corrected chi connectivity index (χ4v) is 6.69. The number of ketones is 1. The second kappa shape index (κ2) is 18.4. The van der Waals surface area contributed by atoms with Gasteiger partial charge in [-0.25, -0.2) is 0 Å². The quantitative estimate of drug-likeness (QED) is 0.144. The third-order valence-electron chi connectivity index (χ3n) is 10.7. The van der Waals surface area contributed by atoms with Crippen LogP contribution in [-0.4, -0.2) is 117 Å². The average molecular weight is 677 g/mol. The minimum absolute atomic E-state index is 0.107. The number of piperazine rings is 2. The minimum atomic E-state index is -0.877. The molecule has 0 spiro atoms. The van der Waals surface area contributed by atoms with Gasteiger partial charge in [0.25, 0.3) is 0 Å². The molecule has 268 valence electrons. The fourth-order valence-electron chi connectivity index (χ4n) is 6.69. The highest BCUT2D eigenvalue weighted by Gasteiger charge is 2.35. The smallest absolute Gasteiger partial charge is 0.307 e. The number of carbonyl (C=O) groups excluding carboxylic acids is 4. The molecule has 0 amide bonds. The van der Waals surface area contributed by atoms with Crippen molar-refractivity contribution in [3.63, 3.8) is 0 Å². The number of anilines is 2. The van der Waals surface area contributed by atoms with E-state index < -0.39 is 11.2 Å². The maximum atomic E-state index is 13.4. The van der Waals surface area contributed by atoms with Crippen LogP contribution in [0.1, 0.15) is 86.9 Å². The molecule has 2 aromatic carbocycles. The second-order valence-electron chi connectivity index (χ2n) is 13.5. The normalized spacial score (nSPS) is 17.4. The van der Waals surface area contributed by atoms with Gasteiger partial charge in [0.1, 0.15) is 23.8 Å². The summed E-state index contributed by atoms with van der Waals surface area (Å²) in [5.74, 6) is -0.0847. The van der Waals surface area contributed by atoms with E-state index in [-0.39, 0.29) is 11.8 Å². The third kappa shape index (κ3) is 10.7. The lowest BCUT2D eigenvalue weighted by Crippen LogP contribution is -2.48. The van der Waals surface area contributed by atoms with Gasteiger partial charge in [-0.3, -0.25) is 29.0 Å². The van der Waals surface area contributed by atoms with Crippen LogP contribution < -0.4 is 9.80 Å². The molecular formula is C39H56N4O6. The van der Waals surface area contributed by atoms with Crippen LogP contribution in [0.2, 0.25) is 0 Å².